The summed E-state index contributed by atoms with van der Waals surface area (Å²) in [4.78, 5) is 27.8. The molecule has 2 N–H and O–H groups in total. The predicted molar refractivity (Wildman–Crippen MR) is 103 cm³/mol. The number of aromatic amines is 1. The van der Waals surface area contributed by atoms with E-state index in [0.29, 0.717) is 28.5 Å². The summed E-state index contributed by atoms with van der Waals surface area (Å²) in [5.41, 5.74) is 1.31. The number of hydrogen-bond acceptors (Lipinski definition) is 6. The van der Waals surface area contributed by atoms with E-state index in [1.165, 1.54) is 7.11 Å². The molecule has 1 saturated carbocycles. The third-order valence-corrected chi connectivity index (χ3v) is 5.28. The number of nitrogens with one attached hydrogen (secondary N) is 2. The molecule has 3 aromatic rings. The number of nitrogens with zero attached hydrogens (tertiary/aromatic N) is 3. The van der Waals surface area contributed by atoms with E-state index in [4.69, 9.17) is 16.3 Å². The van der Waals surface area contributed by atoms with Gasteiger partial charge < -0.3 is 15.0 Å². The highest BCUT2D eigenvalue weighted by molar-refractivity contribution is 6.31. The number of H-pyrrole nitrogens is 1. The Morgan fingerprint density at radius 2 is 2.14 bits per heavy atom. The number of rotatable bonds is 4. The molecule has 7 nitrogen and oxygen atoms in total. The van der Waals surface area contributed by atoms with Crippen LogP contribution in [0.25, 0.3) is 22.4 Å². The first kappa shape index (κ1) is 18.6. The van der Waals surface area contributed by atoms with Crippen LogP contribution >= 0.6 is 11.6 Å². The van der Waals surface area contributed by atoms with Crippen LogP contribution < -0.4 is 5.32 Å². The highest BCUT2D eigenvalue weighted by Gasteiger charge is 2.32. The van der Waals surface area contributed by atoms with Crippen LogP contribution in [0.15, 0.2) is 24.7 Å². The highest BCUT2D eigenvalue weighted by atomic mass is 35.5. The molecular weight excluding hydrogens is 385 g/mol. The summed E-state index contributed by atoms with van der Waals surface area (Å²) in [6.45, 7) is 0. The van der Waals surface area contributed by atoms with Gasteiger partial charge in [-0.15, -0.1) is 0 Å². The molecule has 3 aromatic heterocycles. The fourth-order valence-electron chi connectivity index (χ4n) is 3.67. The summed E-state index contributed by atoms with van der Waals surface area (Å²) >= 11 is 6.05. The Balaban J connectivity index is 1.67. The van der Waals surface area contributed by atoms with Gasteiger partial charge in [-0.25, -0.2) is 19.3 Å². The lowest BCUT2D eigenvalue weighted by atomic mass is 9.84. The first-order valence-electron chi connectivity index (χ1n) is 9.06. The smallest absolute Gasteiger partial charge is 0.310 e. The number of methoxy groups -OCH3 is 1. The normalized spacial score (nSPS) is 19.5. The van der Waals surface area contributed by atoms with Gasteiger partial charge in [0, 0.05) is 29.4 Å². The Morgan fingerprint density at radius 1 is 1.32 bits per heavy atom. The summed E-state index contributed by atoms with van der Waals surface area (Å²) < 4.78 is 19.3. The molecule has 1 aliphatic carbocycles. The van der Waals surface area contributed by atoms with E-state index in [1.807, 2.05) is 0 Å². The molecule has 9 heteroatoms. The molecule has 1 aliphatic rings. The number of hydrogen-bond donors (Lipinski definition) is 2. The summed E-state index contributed by atoms with van der Waals surface area (Å²) in [7, 11) is 1.37. The van der Waals surface area contributed by atoms with Gasteiger partial charge in [0.15, 0.2) is 17.5 Å². The van der Waals surface area contributed by atoms with Crippen LogP contribution in [0.4, 0.5) is 10.2 Å². The van der Waals surface area contributed by atoms with Gasteiger partial charge in [-0.3, -0.25) is 4.79 Å². The molecule has 0 aromatic carbocycles. The molecule has 0 amide bonds. The number of aromatic nitrogens is 4. The Hall–Kier alpha value is -2.74. The van der Waals surface area contributed by atoms with E-state index in [1.54, 1.807) is 18.5 Å². The highest BCUT2D eigenvalue weighted by Crippen LogP contribution is 2.31. The van der Waals surface area contributed by atoms with Crippen LogP contribution in [0.3, 0.4) is 0 Å². The average Bonchev–Trinajstić information content (AvgIpc) is 3.12. The number of fused-ring (bicyclic) bond motifs is 1. The van der Waals surface area contributed by atoms with Gasteiger partial charge in [-0.2, -0.15) is 0 Å². The van der Waals surface area contributed by atoms with Crippen LogP contribution in [0.2, 0.25) is 5.02 Å². The molecule has 0 radical (unpaired) electrons. The van der Waals surface area contributed by atoms with Gasteiger partial charge in [0.2, 0.25) is 0 Å². The van der Waals surface area contributed by atoms with Crippen molar-refractivity contribution < 1.29 is 13.9 Å². The SMILES string of the molecule is COC(=O)C1CCCCC1Nc1nc(-c2c[nH]c3ncc(Cl)cc23)ncc1F. The molecule has 4 rings (SSSR count). The van der Waals surface area contributed by atoms with Gasteiger partial charge >= 0.3 is 5.97 Å². The monoisotopic (exact) mass is 403 g/mol. The lowest BCUT2D eigenvalue weighted by Gasteiger charge is -2.30. The van der Waals surface area contributed by atoms with Crippen molar-refractivity contribution in [1.82, 2.24) is 19.9 Å². The largest absolute Gasteiger partial charge is 0.469 e. The van der Waals surface area contributed by atoms with Gasteiger partial charge in [0.1, 0.15) is 5.65 Å². The molecule has 0 bridgehead atoms. The molecular formula is C19H19ClFN5O2. The van der Waals surface area contributed by atoms with Gasteiger partial charge in [0.05, 0.1) is 24.2 Å². The van der Waals surface area contributed by atoms with Gasteiger partial charge in [-0.05, 0) is 18.9 Å². The Labute approximate surface area is 165 Å². The zero-order valence-corrected chi connectivity index (χ0v) is 16.0. The van der Waals surface area contributed by atoms with Crippen LogP contribution in [0.1, 0.15) is 25.7 Å². The number of carbonyl (C=O) groups excluding carboxylic acids is 1. The predicted octanol–water partition coefficient (Wildman–Crippen LogP) is 3.96. The molecule has 0 spiro atoms. The number of ether oxygens (including phenoxy) is 1. The molecule has 1 fully saturated rings. The number of halogens is 2. The second-order valence-electron chi connectivity index (χ2n) is 6.81. The summed E-state index contributed by atoms with van der Waals surface area (Å²) in [5, 5.41) is 4.33. The molecule has 3 heterocycles. The third kappa shape index (κ3) is 3.52. The van der Waals surface area contributed by atoms with E-state index in [9.17, 15) is 9.18 Å². The second kappa shape index (κ2) is 7.71. The third-order valence-electron chi connectivity index (χ3n) is 5.07. The first-order chi connectivity index (χ1) is 13.6. The molecule has 146 valence electrons. The van der Waals surface area contributed by atoms with Crippen molar-refractivity contribution >= 4 is 34.4 Å². The quantitative estimate of drug-likeness (QED) is 0.640. The molecule has 28 heavy (non-hydrogen) atoms. The van der Waals surface area contributed by atoms with E-state index < -0.39 is 5.82 Å². The number of pyridine rings is 1. The standard InChI is InChI=1S/C19H19ClFN5O2/c1-28-19(27)11-4-2-3-5-15(11)25-18-14(21)9-24-17(26-18)13-8-23-16-12(13)6-10(20)7-22-16/h6-9,11,15H,2-5H2,1H3,(H,22,23)(H,24,25,26). The minimum atomic E-state index is -0.575. The number of anilines is 1. The van der Waals surface area contributed by atoms with Crippen LogP contribution in [0, 0.1) is 11.7 Å². The Bertz CT molecular complexity index is 1020. The van der Waals surface area contributed by atoms with Crippen LogP contribution in [-0.2, 0) is 9.53 Å². The van der Waals surface area contributed by atoms with Crippen molar-refractivity contribution in [1.29, 1.82) is 0 Å². The first-order valence-corrected chi connectivity index (χ1v) is 9.44. The van der Waals surface area contributed by atoms with Gasteiger partial charge in [0.25, 0.3) is 0 Å². The maximum atomic E-state index is 14.4. The van der Waals surface area contributed by atoms with Gasteiger partial charge in [-0.1, -0.05) is 24.4 Å². The summed E-state index contributed by atoms with van der Waals surface area (Å²) in [6, 6.07) is 1.52. The van der Waals surface area contributed by atoms with E-state index in [0.717, 1.165) is 30.8 Å². The van der Waals surface area contributed by atoms with Crippen LogP contribution in [0.5, 0.6) is 0 Å². The Kier molecular flexibility index (Phi) is 5.13. The Morgan fingerprint density at radius 3 is 2.96 bits per heavy atom. The topological polar surface area (TPSA) is 92.8 Å². The lowest BCUT2D eigenvalue weighted by molar-refractivity contribution is -0.146. The zero-order chi connectivity index (χ0) is 19.7. The lowest BCUT2D eigenvalue weighted by Crippen LogP contribution is -2.38. The fourth-order valence-corrected chi connectivity index (χ4v) is 3.83. The van der Waals surface area contributed by atoms with E-state index >= 15 is 0 Å². The van der Waals surface area contributed by atoms with E-state index in [2.05, 4.69) is 25.3 Å². The van der Waals surface area contributed by atoms with Crippen LogP contribution in [-0.4, -0.2) is 39.1 Å². The van der Waals surface area contributed by atoms with Crippen molar-refractivity contribution in [3.63, 3.8) is 0 Å². The van der Waals surface area contributed by atoms with Crippen molar-refractivity contribution in [3.8, 4) is 11.4 Å². The number of esters is 1. The maximum absolute atomic E-state index is 14.4. The number of carbonyl (C=O) groups is 1. The second-order valence-corrected chi connectivity index (χ2v) is 7.24. The van der Waals surface area contributed by atoms with Crippen molar-refractivity contribution in [2.75, 3.05) is 12.4 Å². The maximum Gasteiger partial charge on any atom is 0.310 e. The molecule has 2 atom stereocenters. The average molecular weight is 404 g/mol. The molecule has 0 aliphatic heterocycles. The van der Waals surface area contributed by atoms with Crippen molar-refractivity contribution in [2.45, 2.75) is 31.7 Å². The molecule has 0 saturated heterocycles. The fraction of sp³-hybridized carbons (Fsp3) is 0.368. The summed E-state index contributed by atoms with van der Waals surface area (Å²) in [6.07, 6.45) is 7.72. The molecule has 2 unspecified atom stereocenters. The minimum absolute atomic E-state index is 0.0649. The minimum Gasteiger partial charge on any atom is -0.469 e. The zero-order valence-electron chi connectivity index (χ0n) is 15.2. The van der Waals surface area contributed by atoms with E-state index in [-0.39, 0.29) is 23.7 Å². The summed E-state index contributed by atoms with van der Waals surface area (Å²) in [5.74, 6) is -0.786. The van der Waals surface area contributed by atoms with Crippen molar-refractivity contribution in [3.05, 3.63) is 35.5 Å². The van der Waals surface area contributed by atoms with Crippen molar-refractivity contribution in [2.24, 2.45) is 5.92 Å².